The van der Waals surface area contributed by atoms with Crippen molar-refractivity contribution in [1.29, 1.82) is 0 Å². The van der Waals surface area contributed by atoms with E-state index in [1.807, 2.05) is 30.0 Å². The van der Waals surface area contributed by atoms with E-state index >= 15 is 0 Å². The summed E-state index contributed by atoms with van der Waals surface area (Å²) in [5.74, 6) is 1.33. The summed E-state index contributed by atoms with van der Waals surface area (Å²) >= 11 is 0. The number of ether oxygens (including phenoxy) is 2. The summed E-state index contributed by atoms with van der Waals surface area (Å²) in [6, 6.07) is 5.51. The van der Waals surface area contributed by atoms with Crippen LogP contribution in [0.4, 0.5) is 0 Å². The summed E-state index contributed by atoms with van der Waals surface area (Å²) in [7, 11) is 1.59. The highest BCUT2D eigenvalue weighted by molar-refractivity contribution is 5.82. The van der Waals surface area contributed by atoms with Gasteiger partial charge >= 0.3 is 0 Å². The van der Waals surface area contributed by atoms with Crippen LogP contribution in [-0.4, -0.2) is 49.9 Å². The number of oxime groups is 1. The fourth-order valence-corrected chi connectivity index (χ4v) is 2.82. The number of hydrogen-bond donors (Lipinski definition) is 0. The molecule has 1 aromatic carbocycles. The molecule has 1 aliphatic rings. The van der Waals surface area contributed by atoms with Gasteiger partial charge in [0.2, 0.25) is 6.10 Å². The van der Waals surface area contributed by atoms with Crippen molar-refractivity contribution in [2.24, 2.45) is 5.16 Å². The largest absolute Gasteiger partial charge is 0.493 e. The van der Waals surface area contributed by atoms with Crippen LogP contribution in [0.25, 0.3) is 0 Å². The predicted octanol–water partition coefficient (Wildman–Crippen LogP) is 3.24. The Hall–Kier alpha value is -2.24. The van der Waals surface area contributed by atoms with Crippen molar-refractivity contribution >= 4 is 12.1 Å². The minimum absolute atomic E-state index is 0.00308. The third kappa shape index (κ3) is 5.66. The van der Waals surface area contributed by atoms with Crippen LogP contribution in [0.1, 0.15) is 45.1 Å². The lowest BCUT2D eigenvalue weighted by Gasteiger charge is -2.22. The fraction of sp³-hybridized carbons (Fsp3) is 0.579. The molecule has 0 aliphatic carbocycles. The molecule has 1 aliphatic heterocycles. The number of likely N-dealkylation sites (tertiary alicyclic amines) is 1. The maximum atomic E-state index is 12.4. The number of nitrogens with zero attached hydrogens (tertiary/aromatic N) is 2. The van der Waals surface area contributed by atoms with Crippen molar-refractivity contribution in [3.05, 3.63) is 23.8 Å². The first kappa shape index (κ1) is 19.1. The zero-order valence-electron chi connectivity index (χ0n) is 15.4. The summed E-state index contributed by atoms with van der Waals surface area (Å²) in [6.07, 6.45) is 5.50. The second-order valence-electron chi connectivity index (χ2n) is 6.06. The summed E-state index contributed by atoms with van der Waals surface area (Å²) < 4.78 is 10.8. The lowest BCUT2D eigenvalue weighted by molar-refractivity contribution is -0.142. The number of benzene rings is 1. The third-order valence-electron chi connectivity index (χ3n) is 4.17. The minimum Gasteiger partial charge on any atom is -0.493 e. The number of carbonyl (C=O) groups excluding carboxylic acids is 1. The van der Waals surface area contributed by atoms with Crippen molar-refractivity contribution in [3.63, 3.8) is 0 Å². The average Bonchev–Trinajstić information content (AvgIpc) is 2.91. The van der Waals surface area contributed by atoms with E-state index in [2.05, 4.69) is 5.16 Å². The quantitative estimate of drug-likeness (QED) is 0.561. The standard InChI is InChI=1S/C19H28N2O4/c1-4-24-17-10-9-16(13-18(17)23-3)14-20-25-15(2)19(22)21-11-7-5-6-8-12-21/h9-10,13-15H,4-8,11-12H2,1-3H3. The monoisotopic (exact) mass is 348 g/mol. The fourth-order valence-electron chi connectivity index (χ4n) is 2.82. The van der Waals surface area contributed by atoms with Crippen molar-refractivity contribution in [2.45, 2.75) is 45.6 Å². The second-order valence-corrected chi connectivity index (χ2v) is 6.06. The highest BCUT2D eigenvalue weighted by Gasteiger charge is 2.22. The number of carbonyl (C=O) groups is 1. The zero-order chi connectivity index (χ0) is 18.1. The average molecular weight is 348 g/mol. The van der Waals surface area contributed by atoms with E-state index in [0.717, 1.165) is 31.5 Å². The van der Waals surface area contributed by atoms with Gasteiger partial charge < -0.3 is 19.2 Å². The Morgan fingerprint density at radius 1 is 1.24 bits per heavy atom. The topological polar surface area (TPSA) is 60.4 Å². The van der Waals surface area contributed by atoms with Crippen molar-refractivity contribution in [1.82, 2.24) is 4.90 Å². The van der Waals surface area contributed by atoms with Gasteiger partial charge in [0.1, 0.15) is 0 Å². The van der Waals surface area contributed by atoms with E-state index in [4.69, 9.17) is 14.3 Å². The van der Waals surface area contributed by atoms with Gasteiger partial charge in [-0.1, -0.05) is 18.0 Å². The molecular formula is C19H28N2O4. The van der Waals surface area contributed by atoms with E-state index in [9.17, 15) is 4.79 Å². The van der Waals surface area contributed by atoms with Gasteiger partial charge in [-0.15, -0.1) is 0 Å². The van der Waals surface area contributed by atoms with E-state index < -0.39 is 6.10 Å². The molecule has 1 aromatic rings. The molecule has 1 saturated heterocycles. The van der Waals surface area contributed by atoms with Crippen molar-refractivity contribution in [3.8, 4) is 11.5 Å². The summed E-state index contributed by atoms with van der Waals surface area (Å²) in [6.45, 7) is 5.86. The Morgan fingerprint density at radius 3 is 2.60 bits per heavy atom. The summed E-state index contributed by atoms with van der Waals surface area (Å²) in [5, 5.41) is 3.96. The van der Waals surface area contributed by atoms with Gasteiger partial charge in [0.25, 0.3) is 5.91 Å². The molecule has 0 saturated carbocycles. The Balaban J connectivity index is 1.91. The molecular weight excluding hydrogens is 320 g/mol. The molecule has 6 heteroatoms. The number of hydrogen-bond acceptors (Lipinski definition) is 5. The molecule has 1 amide bonds. The molecule has 6 nitrogen and oxygen atoms in total. The van der Waals surface area contributed by atoms with Crippen LogP contribution in [0, 0.1) is 0 Å². The van der Waals surface area contributed by atoms with Gasteiger partial charge in [-0.25, -0.2) is 0 Å². The maximum absolute atomic E-state index is 12.4. The molecule has 0 N–H and O–H groups in total. The van der Waals surface area contributed by atoms with Gasteiger partial charge in [-0.2, -0.15) is 0 Å². The molecule has 0 spiro atoms. The first-order valence-electron chi connectivity index (χ1n) is 8.94. The first-order chi connectivity index (χ1) is 12.2. The van der Waals surface area contributed by atoms with Gasteiger partial charge in [0.05, 0.1) is 19.9 Å². The molecule has 25 heavy (non-hydrogen) atoms. The van der Waals surface area contributed by atoms with E-state index in [1.54, 1.807) is 20.2 Å². The predicted molar refractivity (Wildman–Crippen MR) is 97.4 cm³/mol. The Morgan fingerprint density at radius 2 is 1.96 bits per heavy atom. The molecule has 1 fully saturated rings. The molecule has 0 radical (unpaired) electrons. The molecule has 1 unspecified atom stereocenters. The molecule has 1 heterocycles. The summed E-state index contributed by atoms with van der Waals surface area (Å²) in [5.41, 5.74) is 0.815. The van der Waals surface area contributed by atoms with Crippen LogP contribution in [-0.2, 0) is 9.63 Å². The van der Waals surface area contributed by atoms with Crippen LogP contribution >= 0.6 is 0 Å². The highest BCUT2D eigenvalue weighted by Crippen LogP contribution is 2.27. The number of amides is 1. The van der Waals surface area contributed by atoms with Crippen LogP contribution in [0.3, 0.4) is 0 Å². The van der Waals surface area contributed by atoms with Crippen LogP contribution in [0.15, 0.2) is 23.4 Å². The lowest BCUT2D eigenvalue weighted by Crippen LogP contribution is -2.39. The minimum atomic E-state index is -0.584. The molecule has 1 atom stereocenters. The Labute approximate surface area is 149 Å². The van der Waals surface area contributed by atoms with E-state index in [0.29, 0.717) is 18.1 Å². The SMILES string of the molecule is CCOc1ccc(C=NOC(C)C(=O)N2CCCCCC2)cc1OC. The maximum Gasteiger partial charge on any atom is 0.266 e. The normalized spacial score (nSPS) is 16.4. The molecule has 0 bridgehead atoms. The van der Waals surface area contributed by atoms with Gasteiger partial charge in [0.15, 0.2) is 11.5 Å². The van der Waals surface area contributed by atoms with Gasteiger partial charge in [-0.3, -0.25) is 4.79 Å². The van der Waals surface area contributed by atoms with Crippen LogP contribution in [0.5, 0.6) is 11.5 Å². The van der Waals surface area contributed by atoms with E-state index in [-0.39, 0.29) is 5.91 Å². The Bertz CT molecular complexity index is 581. The van der Waals surface area contributed by atoms with Crippen LogP contribution < -0.4 is 9.47 Å². The van der Waals surface area contributed by atoms with E-state index in [1.165, 1.54) is 12.8 Å². The van der Waals surface area contributed by atoms with Gasteiger partial charge in [0, 0.05) is 18.7 Å². The lowest BCUT2D eigenvalue weighted by atomic mass is 10.2. The Kier molecular flexibility index (Phi) is 7.57. The molecule has 2 rings (SSSR count). The van der Waals surface area contributed by atoms with Gasteiger partial charge in [-0.05, 0) is 44.9 Å². The van der Waals surface area contributed by atoms with Crippen molar-refractivity contribution in [2.75, 3.05) is 26.8 Å². The highest BCUT2D eigenvalue weighted by atomic mass is 16.6. The second kappa shape index (κ2) is 9.91. The third-order valence-corrected chi connectivity index (χ3v) is 4.17. The number of methoxy groups -OCH3 is 1. The molecule has 138 valence electrons. The van der Waals surface area contributed by atoms with Crippen molar-refractivity contribution < 1.29 is 19.1 Å². The first-order valence-corrected chi connectivity index (χ1v) is 8.94. The smallest absolute Gasteiger partial charge is 0.266 e. The zero-order valence-corrected chi connectivity index (χ0v) is 15.4. The van der Waals surface area contributed by atoms with Crippen LogP contribution in [0.2, 0.25) is 0 Å². The number of rotatable bonds is 7. The summed E-state index contributed by atoms with van der Waals surface area (Å²) in [4.78, 5) is 19.6. The molecule has 0 aromatic heterocycles.